The van der Waals surface area contributed by atoms with Crippen LogP contribution in [0.4, 0.5) is 5.69 Å². The number of carbonyl (C=O) groups excluding carboxylic acids is 1. The Balaban J connectivity index is 1.60. The van der Waals surface area contributed by atoms with E-state index in [9.17, 15) is 4.79 Å². The maximum Gasteiger partial charge on any atom is 0.227 e. The van der Waals surface area contributed by atoms with Crippen LogP contribution in [0, 0.1) is 5.92 Å². The number of hydrogen-bond donors (Lipinski definition) is 1. The van der Waals surface area contributed by atoms with Gasteiger partial charge in [0, 0.05) is 11.6 Å². The quantitative estimate of drug-likeness (QED) is 0.744. The van der Waals surface area contributed by atoms with Crippen molar-refractivity contribution in [2.45, 2.75) is 25.7 Å². The molecular formula is C18H17NO. The van der Waals surface area contributed by atoms with Crippen molar-refractivity contribution in [1.29, 1.82) is 0 Å². The molecule has 2 nitrogen and oxygen atoms in total. The fourth-order valence-electron chi connectivity index (χ4n) is 3.14. The lowest BCUT2D eigenvalue weighted by Gasteiger charge is -2.24. The van der Waals surface area contributed by atoms with Crippen molar-refractivity contribution in [3.63, 3.8) is 0 Å². The summed E-state index contributed by atoms with van der Waals surface area (Å²) in [4.78, 5) is 12.0. The van der Waals surface area contributed by atoms with E-state index in [1.807, 2.05) is 6.07 Å². The third-order valence-electron chi connectivity index (χ3n) is 4.54. The second kappa shape index (κ2) is 4.48. The van der Waals surface area contributed by atoms with Crippen LogP contribution in [0.3, 0.4) is 0 Å². The minimum absolute atomic E-state index is 0.187. The Morgan fingerprint density at radius 3 is 2.60 bits per heavy atom. The maximum atomic E-state index is 12.0. The molecule has 0 aliphatic heterocycles. The molecule has 20 heavy (non-hydrogen) atoms. The van der Waals surface area contributed by atoms with Crippen molar-refractivity contribution in [1.82, 2.24) is 0 Å². The molecule has 0 unspecified atom stereocenters. The van der Waals surface area contributed by atoms with E-state index in [1.54, 1.807) is 0 Å². The summed E-state index contributed by atoms with van der Waals surface area (Å²) in [5, 5.41) is 3.06. The summed E-state index contributed by atoms with van der Waals surface area (Å²) in [6.07, 6.45) is 4.25. The molecule has 1 fully saturated rings. The van der Waals surface area contributed by atoms with Crippen LogP contribution in [-0.2, 0) is 11.2 Å². The third-order valence-corrected chi connectivity index (χ3v) is 4.54. The summed E-state index contributed by atoms with van der Waals surface area (Å²) in [6, 6.07) is 14.8. The highest BCUT2D eigenvalue weighted by molar-refractivity contribution is 5.93. The van der Waals surface area contributed by atoms with Gasteiger partial charge in [0.25, 0.3) is 0 Å². The lowest BCUT2D eigenvalue weighted by Crippen LogP contribution is -2.28. The second-order valence-corrected chi connectivity index (χ2v) is 5.82. The number of amides is 1. The molecule has 0 radical (unpaired) electrons. The summed E-state index contributed by atoms with van der Waals surface area (Å²) >= 11 is 0. The molecular weight excluding hydrogens is 246 g/mol. The first-order chi connectivity index (χ1) is 9.81. The summed E-state index contributed by atoms with van der Waals surface area (Å²) in [6.45, 7) is 0. The first kappa shape index (κ1) is 11.7. The van der Waals surface area contributed by atoms with Crippen LogP contribution in [0.15, 0.2) is 42.5 Å². The number of carbonyl (C=O) groups is 1. The SMILES string of the molecule is O=C(Nc1ccc2c(c1)Cc1ccccc1-2)C1CCC1. The highest BCUT2D eigenvalue weighted by Gasteiger charge is 2.25. The molecule has 1 N–H and O–H groups in total. The molecule has 2 aliphatic rings. The van der Waals surface area contributed by atoms with Gasteiger partial charge in [-0.2, -0.15) is 0 Å². The lowest BCUT2D eigenvalue weighted by molar-refractivity contribution is -0.122. The Morgan fingerprint density at radius 1 is 1.00 bits per heavy atom. The van der Waals surface area contributed by atoms with E-state index < -0.39 is 0 Å². The van der Waals surface area contributed by atoms with Crippen molar-refractivity contribution in [2.24, 2.45) is 5.92 Å². The number of rotatable bonds is 2. The molecule has 100 valence electrons. The normalized spacial score (nSPS) is 16.2. The predicted octanol–water partition coefficient (Wildman–Crippen LogP) is 4.00. The van der Waals surface area contributed by atoms with Crippen molar-refractivity contribution in [2.75, 3.05) is 5.32 Å². The average Bonchev–Trinajstić information content (AvgIpc) is 2.74. The maximum absolute atomic E-state index is 12.0. The Hall–Kier alpha value is -2.09. The molecule has 0 heterocycles. The van der Waals surface area contributed by atoms with Gasteiger partial charge in [0.2, 0.25) is 5.91 Å². The number of fused-ring (bicyclic) bond motifs is 3. The van der Waals surface area contributed by atoms with Gasteiger partial charge < -0.3 is 5.32 Å². The largest absolute Gasteiger partial charge is 0.326 e. The first-order valence-electron chi connectivity index (χ1n) is 7.33. The zero-order valence-electron chi connectivity index (χ0n) is 11.4. The second-order valence-electron chi connectivity index (χ2n) is 5.82. The molecule has 1 amide bonds. The number of benzene rings is 2. The van der Waals surface area contributed by atoms with Crippen LogP contribution < -0.4 is 5.32 Å². The molecule has 2 aromatic carbocycles. The summed E-state index contributed by atoms with van der Waals surface area (Å²) in [5.74, 6) is 0.423. The number of hydrogen-bond acceptors (Lipinski definition) is 1. The van der Waals surface area contributed by atoms with Crippen molar-refractivity contribution in [3.8, 4) is 11.1 Å². The smallest absolute Gasteiger partial charge is 0.227 e. The van der Waals surface area contributed by atoms with Gasteiger partial charge in [-0.15, -0.1) is 0 Å². The minimum Gasteiger partial charge on any atom is -0.326 e. The van der Waals surface area contributed by atoms with Gasteiger partial charge in [-0.1, -0.05) is 36.8 Å². The molecule has 0 spiro atoms. The molecule has 0 saturated heterocycles. The Kier molecular flexibility index (Phi) is 2.62. The van der Waals surface area contributed by atoms with Gasteiger partial charge in [-0.25, -0.2) is 0 Å². The van der Waals surface area contributed by atoms with Gasteiger partial charge in [0.05, 0.1) is 0 Å². The van der Waals surface area contributed by atoms with Gasteiger partial charge in [0.15, 0.2) is 0 Å². The lowest BCUT2D eigenvalue weighted by atomic mass is 9.85. The van der Waals surface area contributed by atoms with Gasteiger partial charge in [-0.3, -0.25) is 4.79 Å². The van der Waals surface area contributed by atoms with Gasteiger partial charge in [0.1, 0.15) is 0 Å². The monoisotopic (exact) mass is 263 g/mol. The molecule has 2 aliphatic carbocycles. The van der Waals surface area contributed by atoms with Crippen LogP contribution in [0.2, 0.25) is 0 Å². The van der Waals surface area contributed by atoms with Crippen molar-refractivity contribution in [3.05, 3.63) is 53.6 Å². The van der Waals surface area contributed by atoms with Gasteiger partial charge in [-0.05, 0) is 53.6 Å². The summed E-state index contributed by atoms with van der Waals surface area (Å²) in [5.41, 5.74) is 6.28. The van der Waals surface area contributed by atoms with Crippen molar-refractivity contribution < 1.29 is 4.79 Å². The van der Waals surface area contributed by atoms with E-state index in [4.69, 9.17) is 0 Å². The van der Waals surface area contributed by atoms with Crippen LogP contribution in [0.1, 0.15) is 30.4 Å². The molecule has 1 saturated carbocycles. The van der Waals surface area contributed by atoms with Crippen molar-refractivity contribution >= 4 is 11.6 Å². The Bertz CT molecular complexity index is 686. The molecule has 2 heteroatoms. The van der Waals surface area contributed by atoms with E-state index in [-0.39, 0.29) is 11.8 Å². The summed E-state index contributed by atoms with van der Waals surface area (Å²) < 4.78 is 0. The summed E-state index contributed by atoms with van der Waals surface area (Å²) in [7, 11) is 0. The molecule has 2 aromatic rings. The average molecular weight is 263 g/mol. The highest BCUT2D eigenvalue weighted by Crippen LogP contribution is 2.37. The number of nitrogens with one attached hydrogen (secondary N) is 1. The van der Waals surface area contributed by atoms with Gasteiger partial charge >= 0.3 is 0 Å². The van der Waals surface area contributed by atoms with E-state index in [0.717, 1.165) is 24.9 Å². The molecule has 0 atom stereocenters. The zero-order valence-corrected chi connectivity index (χ0v) is 11.4. The van der Waals surface area contributed by atoms with E-state index >= 15 is 0 Å². The minimum atomic E-state index is 0.187. The van der Waals surface area contributed by atoms with Crippen LogP contribution >= 0.6 is 0 Å². The highest BCUT2D eigenvalue weighted by atomic mass is 16.1. The topological polar surface area (TPSA) is 29.1 Å². The zero-order chi connectivity index (χ0) is 13.5. The van der Waals surface area contributed by atoms with Crippen LogP contribution in [-0.4, -0.2) is 5.91 Å². The Labute approximate surface area is 118 Å². The molecule has 4 rings (SSSR count). The number of anilines is 1. The van der Waals surface area contributed by atoms with Crippen LogP contribution in [0.25, 0.3) is 11.1 Å². The molecule has 0 aromatic heterocycles. The fraction of sp³-hybridized carbons (Fsp3) is 0.278. The Morgan fingerprint density at radius 2 is 1.80 bits per heavy atom. The fourth-order valence-corrected chi connectivity index (χ4v) is 3.14. The first-order valence-corrected chi connectivity index (χ1v) is 7.33. The molecule has 0 bridgehead atoms. The van der Waals surface area contributed by atoms with E-state index in [2.05, 4.69) is 41.7 Å². The van der Waals surface area contributed by atoms with E-state index in [0.29, 0.717) is 0 Å². The standard InChI is InChI=1S/C18H17NO/c20-18(12-5-3-6-12)19-15-8-9-17-14(11-15)10-13-4-1-2-7-16(13)17/h1-2,4,7-9,11-12H,3,5-6,10H2,(H,19,20). The van der Waals surface area contributed by atoms with Crippen LogP contribution in [0.5, 0.6) is 0 Å². The van der Waals surface area contributed by atoms with E-state index in [1.165, 1.54) is 28.7 Å². The predicted molar refractivity (Wildman–Crippen MR) is 80.7 cm³/mol. The third kappa shape index (κ3) is 1.83.